The Bertz CT molecular complexity index is 175. The maximum absolute atomic E-state index is 12.5. The van der Waals surface area contributed by atoms with Crippen molar-refractivity contribution >= 4 is 17.7 Å². The lowest BCUT2D eigenvalue weighted by Crippen LogP contribution is -2.41. The number of carbonyl (C=O) groups is 1. The summed E-state index contributed by atoms with van der Waals surface area (Å²) in [4.78, 5) is 9.98. The van der Waals surface area contributed by atoms with Crippen LogP contribution in [0.3, 0.4) is 0 Å². The topological polar surface area (TPSA) is 57.5 Å². The molecule has 0 aromatic heterocycles. The third-order valence-electron chi connectivity index (χ3n) is 1.44. The highest BCUT2D eigenvalue weighted by Gasteiger charge is 2.46. The molecule has 2 N–H and O–H groups in total. The number of hydrogen-bond acceptors (Lipinski definition) is 3. The molecular weight excluding hydrogens is 202 g/mol. The molecule has 0 fully saturated rings. The molecule has 0 saturated carbocycles. The normalized spacial score (nSPS) is 14.2. The van der Waals surface area contributed by atoms with Crippen molar-refractivity contribution in [1.82, 2.24) is 0 Å². The number of thioether (sulfide) groups is 1. The van der Waals surface area contributed by atoms with Crippen LogP contribution in [0.4, 0.5) is 8.78 Å². The fourth-order valence-electron chi connectivity index (χ4n) is 0.663. The lowest BCUT2D eigenvalue weighted by molar-refractivity contribution is -0.181. The Kier molecular flexibility index (Phi) is 5.24. The van der Waals surface area contributed by atoms with E-state index in [0.717, 1.165) is 5.75 Å². The molecule has 0 aliphatic carbocycles. The van der Waals surface area contributed by atoms with Gasteiger partial charge >= 0.3 is 11.9 Å². The fraction of sp³-hybridized carbons (Fsp3) is 0.857. The molecule has 1 unspecified atom stereocenters. The molecule has 0 saturated heterocycles. The molecule has 0 rings (SSSR count). The van der Waals surface area contributed by atoms with Crippen LogP contribution in [0.15, 0.2) is 0 Å². The first kappa shape index (κ1) is 12.6. The smallest absolute Gasteiger partial charge is 0.377 e. The van der Waals surface area contributed by atoms with Gasteiger partial charge in [0.15, 0.2) is 0 Å². The van der Waals surface area contributed by atoms with Gasteiger partial charge in [0.25, 0.3) is 0 Å². The van der Waals surface area contributed by atoms with E-state index in [0.29, 0.717) is 5.75 Å². The lowest BCUT2D eigenvalue weighted by Gasteiger charge is -2.17. The minimum atomic E-state index is -4.03. The first-order chi connectivity index (χ1) is 5.92. The number of alkyl halides is 2. The van der Waals surface area contributed by atoms with Crippen LogP contribution < -0.4 is 0 Å². The summed E-state index contributed by atoms with van der Waals surface area (Å²) in [6.45, 7) is 1.85. The molecule has 78 valence electrons. The Morgan fingerprint density at radius 1 is 1.62 bits per heavy atom. The molecule has 13 heavy (non-hydrogen) atoms. The van der Waals surface area contributed by atoms with E-state index in [1.165, 1.54) is 11.8 Å². The first-order valence-corrected chi connectivity index (χ1v) is 4.95. The third-order valence-corrected chi connectivity index (χ3v) is 2.38. The number of aliphatic carboxylic acids is 1. The zero-order valence-electron chi connectivity index (χ0n) is 7.17. The summed E-state index contributed by atoms with van der Waals surface area (Å²) in [7, 11) is 0. The monoisotopic (exact) mass is 214 g/mol. The molecule has 0 heterocycles. The van der Waals surface area contributed by atoms with Gasteiger partial charge in [0.2, 0.25) is 0 Å². The second-order valence-electron chi connectivity index (χ2n) is 2.43. The largest absolute Gasteiger partial charge is 0.477 e. The molecule has 0 bridgehead atoms. The van der Waals surface area contributed by atoms with Gasteiger partial charge in [-0.3, -0.25) is 0 Å². The van der Waals surface area contributed by atoms with Crippen molar-refractivity contribution in [3.8, 4) is 0 Å². The number of aliphatic hydroxyl groups excluding tert-OH is 1. The van der Waals surface area contributed by atoms with Crippen molar-refractivity contribution in [3.05, 3.63) is 0 Å². The number of carboxylic acids is 1. The molecular formula is C7H12F2O3S. The number of aliphatic hydroxyl groups is 1. The zero-order chi connectivity index (χ0) is 10.5. The van der Waals surface area contributed by atoms with E-state index in [1.807, 2.05) is 6.92 Å². The highest BCUT2D eigenvalue weighted by molar-refractivity contribution is 7.99. The average Bonchev–Trinajstić information content (AvgIpc) is 2.04. The summed E-state index contributed by atoms with van der Waals surface area (Å²) in [6, 6.07) is 0. The summed E-state index contributed by atoms with van der Waals surface area (Å²) in [6.07, 6.45) is -2.30. The van der Waals surface area contributed by atoms with E-state index in [1.54, 1.807) is 0 Å². The van der Waals surface area contributed by atoms with E-state index in [-0.39, 0.29) is 6.42 Å². The van der Waals surface area contributed by atoms with Crippen molar-refractivity contribution in [1.29, 1.82) is 0 Å². The summed E-state index contributed by atoms with van der Waals surface area (Å²) < 4.78 is 25.0. The predicted molar refractivity (Wildman–Crippen MR) is 46.2 cm³/mol. The second kappa shape index (κ2) is 5.39. The molecule has 0 aliphatic heterocycles. The maximum atomic E-state index is 12.5. The Balaban J connectivity index is 3.94. The summed E-state index contributed by atoms with van der Waals surface area (Å²) >= 11 is 1.38. The van der Waals surface area contributed by atoms with E-state index < -0.39 is 18.0 Å². The Hall–Kier alpha value is -0.360. The number of rotatable bonds is 6. The summed E-state index contributed by atoms with van der Waals surface area (Å²) in [5, 5.41) is 16.9. The van der Waals surface area contributed by atoms with Crippen LogP contribution in [0.2, 0.25) is 0 Å². The average molecular weight is 214 g/mol. The van der Waals surface area contributed by atoms with Crippen LogP contribution in [-0.2, 0) is 4.79 Å². The molecule has 0 spiro atoms. The molecule has 0 aliphatic rings. The van der Waals surface area contributed by atoms with Crippen molar-refractivity contribution < 1.29 is 23.8 Å². The number of carboxylic acid groups (broad SMARTS) is 1. The van der Waals surface area contributed by atoms with E-state index in [9.17, 15) is 13.6 Å². The molecule has 6 heteroatoms. The van der Waals surface area contributed by atoms with Crippen LogP contribution in [0.1, 0.15) is 13.3 Å². The summed E-state index contributed by atoms with van der Waals surface area (Å²) in [5.41, 5.74) is 0. The zero-order valence-corrected chi connectivity index (χ0v) is 7.98. The minimum Gasteiger partial charge on any atom is -0.477 e. The highest BCUT2D eigenvalue weighted by Crippen LogP contribution is 2.22. The van der Waals surface area contributed by atoms with Crippen molar-refractivity contribution in [2.24, 2.45) is 0 Å². The maximum Gasteiger partial charge on any atom is 0.377 e. The van der Waals surface area contributed by atoms with Crippen LogP contribution in [0.25, 0.3) is 0 Å². The Morgan fingerprint density at radius 3 is 2.54 bits per heavy atom. The molecule has 3 nitrogen and oxygen atoms in total. The van der Waals surface area contributed by atoms with Crippen LogP contribution in [0, 0.1) is 0 Å². The van der Waals surface area contributed by atoms with Gasteiger partial charge in [-0.15, -0.1) is 0 Å². The van der Waals surface area contributed by atoms with Gasteiger partial charge in [0.1, 0.15) is 6.10 Å². The predicted octanol–water partition coefficient (Wildman–Crippen LogP) is 1.21. The van der Waals surface area contributed by atoms with Gasteiger partial charge < -0.3 is 10.2 Å². The molecule has 0 radical (unpaired) electrons. The van der Waals surface area contributed by atoms with Gasteiger partial charge in [-0.25, -0.2) is 4.79 Å². The van der Waals surface area contributed by atoms with E-state index in [4.69, 9.17) is 10.2 Å². The molecule has 1 atom stereocenters. The van der Waals surface area contributed by atoms with E-state index >= 15 is 0 Å². The van der Waals surface area contributed by atoms with Crippen molar-refractivity contribution in [3.63, 3.8) is 0 Å². The van der Waals surface area contributed by atoms with Crippen molar-refractivity contribution in [2.75, 3.05) is 11.5 Å². The molecule has 0 aromatic rings. The van der Waals surface area contributed by atoms with Gasteiger partial charge in [-0.05, 0) is 17.9 Å². The van der Waals surface area contributed by atoms with Gasteiger partial charge in [-0.1, -0.05) is 6.92 Å². The lowest BCUT2D eigenvalue weighted by atomic mass is 10.1. The molecule has 0 amide bonds. The Morgan fingerprint density at radius 2 is 2.15 bits per heavy atom. The van der Waals surface area contributed by atoms with Crippen LogP contribution in [-0.4, -0.2) is 39.7 Å². The first-order valence-electron chi connectivity index (χ1n) is 3.80. The van der Waals surface area contributed by atoms with Gasteiger partial charge in [0, 0.05) is 0 Å². The van der Waals surface area contributed by atoms with Gasteiger partial charge in [0.05, 0.1) is 0 Å². The van der Waals surface area contributed by atoms with Crippen molar-refractivity contribution in [2.45, 2.75) is 25.4 Å². The minimum absolute atomic E-state index is 0.211. The van der Waals surface area contributed by atoms with E-state index in [2.05, 4.69) is 0 Å². The van der Waals surface area contributed by atoms with Gasteiger partial charge in [-0.2, -0.15) is 20.5 Å². The standard InChI is InChI=1S/C7H12F2O3S/c1-2-13-4-3-5(10)7(8,9)6(11)12/h5,10H,2-4H2,1H3,(H,11,12). The summed E-state index contributed by atoms with van der Waals surface area (Å²) in [5.74, 6) is -5.22. The molecule has 0 aromatic carbocycles. The van der Waals surface area contributed by atoms with Crippen LogP contribution in [0.5, 0.6) is 0 Å². The SMILES string of the molecule is CCSCCC(O)C(F)(F)C(=O)O. The fourth-order valence-corrected chi connectivity index (χ4v) is 1.34. The third kappa shape index (κ3) is 3.91. The number of halogens is 2. The Labute approximate surface area is 79.1 Å². The highest BCUT2D eigenvalue weighted by atomic mass is 32.2. The van der Waals surface area contributed by atoms with Crippen LogP contribution >= 0.6 is 11.8 Å². The number of hydrogen-bond donors (Lipinski definition) is 2. The quantitative estimate of drug-likeness (QED) is 0.652. The second-order valence-corrected chi connectivity index (χ2v) is 3.82.